The average Bonchev–Trinajstić information content (AvgIpc) is 2.99. The van der Waals surface area contributed by atoms with E-state index in [0.29, 0.717) is 25.9 Å². The Morgan fingerprint density at radius 1 is 1.26 bits per heavy atom. The fourth-order valence-corrected chi connectivity index (χ4v) is 3.86. The molecule has 1 unspecified atom stereocenters. The highest BCUT2D eigenvalue weighted by atomic mass is 35.5. The average molecular weight is 336 g/mol. The molecule has 0 aliphatic carbocycles. The predicted octanol–water partition coefficient (Wildman–Crippen LogP) is 1.81. The molecule has 1 saturated heterocycles. The molecule has 6 heteroatoms. The Balaban J connectivity index is 1.68. The van der Waals surface area contributed by atoms with Gasteiger partial charge in [0.2, 0.25) is 11.8 Å². The van der Waals surface area contributed by atoms with Gasteiger partial charge in [-0.05, 0) is 43.9 Å². The van der Waals surface area contributed by atoms with E-state index in [1.54, 1.807) is 0 Å². The monoisotopic (exact) mass is 335 g/mol. The standard InChI is InChI=1S/C17H22ClN3O2/c1-11(17(23)20-8-5-12(6-9-20)16(19)22)21-10-7-13-14(18)3-2-4-15(13)21/h2-4,11-12H,5-10H2,1H3,(H2,19,22). The van der Waals surface area contributed by atoms with Gasteiger partial charge in [0.1, 0.15) is 6.04 Å². The van der Waals surface area contributed by atoms with Gasteiger partial charge in [0.15, 0.2) is 0 Å². The molecule has 0 spiro atoms. The number of nitrogens with zero attached hydrogens (tertiary/aromatic N) is 2. The van der Waals surface area contributed by atoms with Crippen molar-refractivity contribution in [3.63, 3.8) is 0 Å². The van der Waals surface area contributed by atoms with Gasteiger partial charge < -0.3 is 15.5 Å². The van der Waals surface area contributed by atoms with Crippen molar-refractivity contribution >= 4 is 29.1 Å². The van der Waals surface area contributed by atoms with Gasteiger partial charge in [-0.15, -0.1) is 0 Å². The fraction of sp³-hybridized carbons (Fsp3) is 0.529. The lowest BCUT2D eigenvalue weighted by Crippen LogP contribution is -2.50. The summed E-state index contributed by atoms with van der Waals surface area (Å²) in [6.07, 6.45) is 2.20. The van der Waals surface area contributed by atoms with E-state index >= 15 is 0 Å². The number of nitrogens with two attached hydrogens (primary N) is 1. The quantitative estimate of drug-likeness (QED) is 0.916. The molecule has 2 amide bonds. The minimum Gasteiger partial charge on any atom is -0.369 e. The zero-order valence-corrected chi connectivity index (χ0v) is 14.1. The Morgan fingerprint density at radius 3 is 2.61 bits per heavy atom. The maximum atomic E-state index is 12.8. The zero-order chi connectivity index (χ0) is 16.6. The van der Waals surface area contributed by atoms with Crippen molar-refractivity contribution in [1.82, 2.24) is 4.90 Å². The summed E-state index contributed by atoms with van der Waals surface area (Å²) in [4.78, 5) is 28.0. The molecule has 0 saturated carbocycles. The normalized spacial score (nSPS) is 19.6. The van der Waals surface area contributed by atoms with Crippen LogP contribution in [0.3, 0.4) is 0 Å². The summed E-state index contributed by atoms with van der Waals surface area (Å²) in [5.74, 6) is -0.241. The molecule has 5 nitrogen and oxygen atoms in total. The third kappa shape index (κ3) is 3.02. The molecule has 23 heavy (non-hydrogen) atoms. The molecule has 2 aliphatic rings. The van der Waals surface area contributed by atoms with Crippen LogP contribution in [0.15, 0.2) is 18.2 Å². The number of hydrogen-bond acceptors (Lipinski definition) is 3. The van der Waals surface area contributed by atoms with Gasteiger partial charge in [-0.25, -0.2) is 0 Å². The van der Waals surface area contributed by atoms with Crippen LogP contribution in [-0.2, 0) is 16.0 Å². The van der Waals surface area contributed by atoms with Crippen LogP contribution in [0.25, 0.3) is 0 Å². The van der Waals surface area contributed by atoms with Crippen LogP contribution in [0.5, 0.6) is 0 Å². The number of carbonyl (C=O) groups excluding carboxylic acids is 2. The molecule has 3 rings (SSSR count). The second-order valence-corrected chi connectivity index (χ2v) is 6.77. The molecule has 1 atom stereocenters. The molecule has 2 N–H and O–H groups in total. The first-order valence-corrected chi connectivity index (χ1v) is 8.49. The minimum atomic E-state index is -0.256. The molecule has 0 radical (unpaired) electrons. The van der Waals surface area contributed by atoms with Gasteiger partial charge in [0.05, 0.1) is 0 Å². The number of likely N-dealkylation sites (tertiary alicyclic amines) is 1. The number of halogens is 1. The summed E-state index contributed by atoms with van der Waals surface area (Å²) in [7, 11) is 0. The maximum absolute atomic E-state index is 12.8. The van der Waals surface area contributed by atoms with E-state index in [-0.39, 0.29) is 23.8 Å². The number of anilines is 1. The summed E-state index contributed by atoms with van der Waals surface area (Å²) in [6.45, 7) is 3.96. The van der Waals surface area contributed by atoms with E-state index in [0.717, 1.165) is 29.2 Å². The second-order valence-electron chi connectivity index (χ2n) is 6.36. The highest BCUT2D eigenvalue weighted by Gasteiger charge is 2.33. The Hall–Kier alpha value is -1.75. The molecular weight excluding hydrogens is 314 g/mol. The summed E-state index contributed by atoms with van der Waals surface area (Å²) < 4.78 is 0. The van der Waals surface area contributed by atoms with Gasteiger partial charge in [0.25, 0.3) is 0 Å². The largest absolute Gasteiger partial charge is 0.369 e. The topological polar surface area (TPSA) is 66.6 Å². The Kier molecular flexibility index (Phi) is 4.48. The van der Waals surface area contributed by atoms with Crippen molar-refractivity contribution in [1.29, 1.82) is 0 Å². The first-order chi connectivity index (χ1) is 11.0. The molecule has 124 valence electrons. The molecule has 0 bridgehead atoms. The van der Waals surface area contributed by atoms with E-state index in [1.165, 1.54) is 0 Å². The third-order valence-corrected chi connectivity index (χ3v) is 5.39. The number of primary amides is 1. The van der Waals surface area contributed by atoms with Crippen molar-refractivity contribution in [2.24, 2.45) is 11.7 Å². The van der Waals surface area contributed by atoms with Gasteiger partial charge in [-0.1, -0.05) is 17.7 Å². The Bertz CT molecular complexity index is 626. The molecule has 2 heterocycles. The first kappa shape index (κ1) is 16.1. The highest BCUT2D eigenvalue weighted by Crippen LogP contribution is 2.35. The number of carbonyl (C=O) groups is 2. The lowest BCUT2D eigenvalue weighted by molar-refractivity contribution is -0.135. The van der Waals surface area contributed by atoms with Crippen LogP contribution in [-0.4, -0.2) is 42.4 Å². The molecule has 1 fully saturated rings. The van der Waals surface area contributed by atoms with Crippen LogP contribution in [0, 0.1) is 5.92 Å². The molecule has 2 aliphatic heterocycles. The highest BCUT2D eigenvalue weighted by molar-refractivity contribution is 6.31. The molecule has 1 aromatic carbocycles. The van der Waals surface area contributed by atoms with Crippen molar-refractivity contribution in [2.75, 3.05) is 24.5 Å². The summed E-state index contributed by atoms with van der Waals surface area (Å²) in [6, 6.07) is 5.62. The number of rotatable bonds is 3. The van der Waals surface area contributed by atoms with E-state index < -0.39 is 0 Å². The number of benzene rings is 1. The van der Waals surface area contributed by atoms with Gasteiger partial charge in [-0.2, -0.15) is 0 Å². The van der Waals surface area contributed by atoms with E-state index in [9.17, 15) is 9.59 Å². The Morgan fingerprint density at radius 2 is 1.96 bits per heavy atom. The summed E-state index contributed by atoms with van der Waals surface area (Å²) >= 11 is 6.25. The predicted molar refractivity (Wildman–Crippen MR) is 90.5 cm³/mol. The van der Waals surface area contributed by atoms with Crippen LogP contribution < -0.4 is 10.6 Å². The van der Waals surface area contributed by atoms with E-state index in [1.807, 2.05) is 30.0 Å². The SMILES string of the molecule is CC(C(=O)N1CCC(C(N)=O)CC1)N1CCc2c(Cl)cccc21. The smallest absolute Gasteiger partial charge is 0.244 e. The minimum absolute atomic E-state index is 0.0966. The van der Waals surface area contributed by atoms with Crippen LogP contribution in [0.2, 0.25) is 5.02 Å². The Labute approximate surface area is 141 Å². The lowest BCUT2D eigenvalue weighted by atomic mass is 9.96. The van der Waals surface area contributed by atoms with Gasteiger partial charge in [0, 0.05) is 36.3 Å². The van der Waals surface area contributed by atoms with Crippen LogP contribution in [0.1, 0.15) is 25.3 Å². The third-order valence-electron chi connectivity index (χ3n) is 5.04. The number of amides is 2. The fourth-order valence-electron chi connectivity index (χ4n) is 3.60. The van der Waals surface area contributed by atoms with Crippen molar-refractivity contribution in [2.45, 2.75) is 32.2 Å². The number of hydrogen-bond donors (Lipinski definition) is 1. The summed E-state index contributed by atoms with van der Waals surface area (Å²) in [5, 5.41) is 0.770. The number of fused-ring (bicyclic) bond motifs is 1. The van der Waals surface area contributed by atoms with Crippen molar-refractivity contribution in [3.05, 3.63) is 28.8 Å². The van der Waals surface area contributed by atoms with Crippen LogP contribution in [0.4, 0.5) is 5.69 Å². The van der Waals surface area contributed by atoms with Gasteiger partial charge in [-0.3, -0.25) is 9.59 Å². The van der Waals surface area contributed by atoms with Crippen molar-refractivity contribution < 1.29 is 9.59 Å². The summed E-state index contributed by atoms with van der Waals surface area (Å²) in [5.41, 5.74) is 7.54. The van der Waals surface area contributed by atoms with Crippen molar-refractivity contribution in [3.8, 4) is 0 Å². The second kappa shape index (κ2) is 6.40. The first-order valence-electron chi connectivity index (χ1n) is 8.11. The van der Waals surface area contributed by atoms with Gasteiger partial charge >= 0.3 is 0 Å². The molecular formula is C17H22ClN3O2. The number of piperidine rings is 1. The van der Waals surface area contributed by atoms with E-state index in [4.69, 9.17) is 17.3 Å². The zero-order valence-electron chi connectivity index (χ0n) is 13.3. The van der Waals surface area contributed by atoms with E-state index in [2.05, 4.69) is 4.90 Å². The van der Waals surface area contributed by atoms with Crippen LogP contribution >= 0.6 is 11.6 Å². The molecule has 0 aromatic heterocycles. The maximum Gasteiger partial charge on any atom is 0.244 e. The lowest BCUT2D eigenvalue weighted by Gasteiger charge is -2.35. The molecule has 1 aromatic rings.